The summed E-state index contributed by atoms with van der Waals surface area (Å²) in [5.74, 6) is -0.0884. The fourth-order valence-electron chi connectivity index (χ4n) is 1.93. The summed E-state index contributed by atoms with van der Waals surface area (Å²) >= 11 is 0. The minimum atomic E-state index is -1.41. The summed E-state index contributed by atoms with van der Waals surface area (Å²) in [6.07, 6.45) is 3.45. The predicted molar refractivity (Wildman–Crippen MR) is 69.4 cm³/mol. The molecule has 0 fully saturated rings. The molecule has 0 aliphatic heterocycles. The van der Waals surface area contributed by atoms with Gasteiger partial charge in [-0.3, -0.25) is 0 Å². The zero-order chi connectivity index (χ0) is 13.5. The monoisotopic (exact) mass is 252 g/mol. The third-order valence-electron chi connectivity index (χ3n) is 2.80. The van der Waals surface area contributed by atoms with Gasteiger partial charge in [0.25, 0.3) is 0 Å². The smallest absolute Gasteiger partial charge is 0.504 e. The van der Waals surface area contributed by atoms with E-state index in [1.807, 2.05) is 0 Å². The number of phenolic OH excluding ortho intramolecular Hbond substituents is 1. The molecule has 1 aromatic carbocycles. The highest BCUT2D eigenvalue weighted by Gasteiger charge is 2.12. The van der Waals surface area contributed by atoms with Crippen LogP contribution < -0.4 is 4.74 Å². The molecule has 0 aromatic heterocycles. The molecule has 0 spiro atoms. The molecule has 0 radical (unpaired) electrons. The molecule has 2 N–H and O–H groups in total. The van der Waals surface area contributed by atoms with Crippen molar-refractivity contribution < 1.29 is 19.7 Å². The van der Waals surface area contributed by atoms with Crippen LogP contribution in [0.4, 0.5) is 4.79 Å². The topological polar surface area (TPSA) is 66.8 Å². The Labute approximate surface area is 107 Å². The lowest BCUT2D eigenvalue weighted by atomic mass is 9.98. The molecular formula is C14H20O4. The molecule has 0 bridgehead atoms. The molecule has 0 saturated carbocycles. The van der Waals surface area contributed by atoms with Crippen LogP contribution in [0.1, 0.15) is 44.2 Å². The summed E-state index contributed by atoms with van der Waals surface area (Å²) in [6, 6.07) is 3.26. The quantitative estimate of drug-likeness (QED) is 0.597. The fraction of sp³-hybridized carbons (Fsp3) is 0.500. The number of carboxylic acid groups (broad SMARTS) is 1. The van der Waals surface area contributed by atoms with Gasteiger partial charge in [-0.1, -0.05) is 26.7 Å². The minimum absolute atomic E-state index is 0.0196. The Balaban J connectivity index is 3.03. The highest BCUT2D eigenvalue weighted by atomic mass is 16.7. The Kier molecular flexibility index (Phi) is 5.49. The molecule has 1 aromatic rings. The lowest BCUT2D eigenvalue weighted by molar-refractivity contribution is 0.143. The van der Waals surface area contributed by atoms with Crippen molar-refractivity contribution >= 4 is 6.16 Å². The van der Waals surface area contributed by atoms with Crippen molar-refractivity contribution in [2.45, 2.75) is 46.0 Å². The summed E-state index contributed by atoms with van der Waals surface area (Å²) in [6.45, 7) is 4.18. The van der Waals surface area contributed by atoms with Crippen molar-refractivity contribution in [2.75, 3.05) is 0 Å². The van der Waals surface area contributed by atoms with Crippen LogP contribution in [0.5, 0.6) is 11.5 Å². The van der Waals surface area contributed by atoms with Crippen LogP contribution in [0.3, 0.4) is 0 Å². The lowest BCUT2D eigenvalue weighted by Crippen LogP contribution is -2.05. The Morgan fingerprint density at radius 1 is 1.17 bits per heavy atom. The Bertz CT molecular complexity index is 413. The molecule has 1 rings (SSSR count). The molecule has 0 heterocycles. The van der Waals surface area contributed by atoms with Crippen LogP contribution in [-0.4, -0.2) is 16.4 Å². The summed E-state index contributed by atoms with van der Waals surface area (Å²) in [4.78, 5) is 10.5. The van der Waals surface area contributed by atoms with E-state index in [0.717, 1.165) is 43.2 Å². The second-order valence-electron chi connectivity index (χ2n) is 4.31. The lowest BCUT2D eigenvalue weighted by Gasteiger charge is -2.12. The summed E-state index contributed by atoms with van der Waals surface area (Å²) < 4.78 is 4.56. The van der Waals surface area contributed by atoms with Gasteiger partial charge in [-0.15, -0.1) is 0 Å². The predicted octanol–water partition coefficient (Wildman–Crippen LogP) is 3.74. The number of benzene rings is 1. The second kappa shape index (κ2) is 6.89. The summed E-state index contributed by atoms with van der Waals surface area (Å²) in [5, 5.41) is 18.3. The third kappa shape index (κ3) is 3.95. The number of hydrogen-bond donors (Lipinski definition) is 2. The molecule has 0 amide bonds. The number of aromatic hydroxyl groups is 1. The highest BCUT2D eigenvalue weighted by Crippen LogP contribution is 2.31. The number of carbonyl (C=O) groups is 1. The van der Waals surface area contributed by atoms with Crippen molar-refractivity contribution in [3.63, 3.8) is 0 Å². The average molecular weight is 252 g/mol. The molecular weight excluding hydrogens is 232 g/mol. The maximum Gasteiger partial charge on any atom is 0.511 e. The largest absolute Gasteiger partial charge is 0.511 e. The zero-order valence-corrected chi connectivity index (χ0v) is 10.9. The first kappa shape index (κ1) is 14.4. The van der Waals surface area contributed by atoms with E-state index in [2.05, 4.69) is 18.6 Å². The number of aryl methyl sites for hydroxylation is 2. The van der Waals surface area contributed by atoms with Crippen LogP contribution in [0.2, 0.25) is 0 Å². The number of rotatable bonds is 6. The summed E-state index contributed by atoms with van der Waals surface area (Å²) in [5.41, 5.74) is 2.13. The first-order valence-electron chi connectivity index (χ1n) is 6.34. The molecule has 0 aliphatic rings. The van der Waals surface area contributed by atoms with Crippen LogP contribution in [0.25, 0.3) is 0 Å². The fourth-order valence-corrected chi connectivity index (χ4v) is 1.93. The van der Waals surface area contributed by atoms with E-state index < -0.39 is 6.16 Å². The van der Waals surface area contributed by atoms with Crippen molar-refractivity contribution in [1.82, 2.24) is 0 Å². The van der Waals surface area contributed by atoms with E-state index in [0.29, 0.717) is 0 Å². The van der Waals surface area contributed by atoms with Gasteiger partial charge in [0.2, 0.25) is 0 Å². The molecule has 18 heavy (non-hydrogen) atoms. The van der Waals surface area contributed by atoms with Crippen molar-refractivity contribution in [3.05, 3.63) is 23.3 Å². The maximum absolute atomic E-state index is 10.5. The number of ether oxygens (including phenoxy) is 1. The van der Waals surface area contributed by atoms with Gasteiger partial charge in [-0.2, -0.15) is 0 Å². The molecule has 0 unspecified atom stereocenters. The Morgan fingerprint density at radius 3 is 2.39 bits per heavy atom. The SMILES string of the molecule is CCCCc1cc(O)c(OC(=O)O)cc1CCC. The Hall–Kier alpha value is -1.71. The zero-order valence-electron chi connectivity index (χ0n) is 10.9. The van der Waals surface area contributed by atoms with Crippen molar-refractivity contribution in [1.29, 1.82) is 0 Å². The second-order valence-corrected chi connectivity index (χ2v) is 4.31. The minimum Gasteiger partial charge on any atom is -0.504 e. The normalized spacial score (nSPS) is 10.3. The van der Waals surface area contributed by atoms with Crippen molar-refractivity contribution in [3.8, 4) is 11.5 Å². The van der Waals surface area contributed by atoms with Gasteiger partial charge in [0.1, 0.15) is 0 Å². The van der Waals surface area contributed by atoms with Gasteiger partial charge < -0.3 is 14.9 Å². The van der Waals surface area contributed by atoms with Crippen LogP contribution >= 0.6 is 0 Å². The van der Waals surface area contributed by atoms with Gasteiger partial charge >= 0.3 is 6.16 Å². The van der Waals surface area contributed by atoms with Gasteiger partial charge in [0.15, 0.2) is 11.5 Å². The van der Waals surface area contributed by atoms with Crippen LogP contribution in [0.15, 0.2) is 12.1 Å². The first-order valence-corrected chi connectivity index (χ1v) is 6.34. The third-order valence-corrected chi connectivity index (χ3v) is 2.80. The molecule has 0 atom stereocenters. The van der Waals surface area contributed by atoms with E-state index in [1.165, 1.54) is 0 Å². The standard InChI is InChI=1S/C14H20O4/c1-3-5-7-11-8-12(15)13(18-14(16)17)9-10(11)6-4-2/h8-9,15H,3-7H2,1-2H3,(H,16,17). The molecule has 4 nitrogen and oxygen atoms in total. The number of phenols is 1. The van der Waals surface area contributed by atoms with Crippen LogP contribution in [0, 0.1) is 0 Å². The van der Waals surface area contributed by atoms with Gasteiger partial charge in [0, 0.05) is 0 Å². The van der Waals surface area contributed by atoms with E-state index in [9.17, 15) is 9.90 Å². The van der Waals surface area contributed by atoms with Gasteiger partial charge in [-0.05, 0) is 42.5 Å². The van der Waals surface area contributed by atoms with E-state index in [-0.39, 0.29) is 11.5 Å². The molecule has 0 saturated heterocycles. The summed E-state index contributed by atoms with van der Waals surface area (Å²) in [7, 11) is 0. The molecule has 0 aliphatic carbocycles. The number of hydrogen-bond acceptors (Lipinski definition) is 3. The first-order chi connectivity index (χ1) is 8.58. The van der Waals surface area contributed by atoms with E-state index >= 15 is 0 Å². The molecule has 100 valence electrons. The van der Waals surface area contributed by atoms with Gasteiger partial charge in [0.05, 0.1) is 0 Å². The number of unbranched alkanes of at least 4 members (excludes halogenated alkanes) is 1. The maximum atomic E-state index is 10.5. The molecule has 4 heteroatoms. The average Bonchev–Trinajstić information content (AvgIpc) is 2.31. The van der Waals surface area contributed by atoms with E-state index in [1.54, 1.807) is 12.1 Å². The van der Waals surface area contributed by atoms with Crippen molar-refractivity contribution in [2.24, 2.45) is 0 Å². The van der Waals surface area contributed by atoms with Crippen LogP contribution in [-0.2, 0) is 12.8 Å². The van der Waals surface area contributed by atoms with E-state index in [4.69, 9.17) is 5.11 Å². The highest BCUT2D eigenvalue weighted by molar-refractivity contribution is 5.63. The Morgan fingerprint density at radius 2 is 1.83 bits per heavy atom. The van der Waals surface area contributed by atoms with Gasteiger partial charge in [-0.25, -0.2) is 4.79 Å².